The Hall–Kier alpha value is -1.63. The molecule has 0 bridgehead atoms. The van der Waals surface area contributed by atoms with Gasteiger partial charge in [-0.2, -0.15) is 0 Å². The minimum atomic E-state index is 0.690. The minimum absolute atomic E-state index is 0.690. The van der Waals surface area contributed by atoms with Crippen LogP contribution in [0.5, 0.6) is 0 Å². The molecule has 0 amide bonds. The van der Waals surface area contributed by atoms with E-state index in [2.05, 4.69) is 27.4 Å². The highest BCUT2D eigenvalue weighted by atomic mass is 32.2. The van der Waals surface area contributed by atoms with Gasteiger partial charge in [0.1, 0.15) is 0 Å². The number of nitrogens with two attached hydrogens (primary N) is 1. The van der Waals surface area contributed by atoms with Gasteiger partial charge in [0, 0.05) is 17.6 Å². The summed E-state index contributed by atoms with van der Waals surface area (Å²) in [4.78, 5) is 4.97. The molecule has 0 aliphatic rings. The molecule has 0 saturated heterocycles. The summed E-state index contributed by atoms with van der Waals surface area (Å²) in [7, 11) is 0. The Bertz CT molecular complexity index is 498. The molecular weight excluding hydrogens is 248 g/mol. The first-order chi connectivity index (χ1) is 8.81. The van der Waals surface area contributed by atoms with Crippen molar-refractivity contribution in [1.29, 1.82) is 0 Å². The number of hydrogen-bond donors (Lipinski definition) is 1. The average molecular weight is 264 g/mol. The Balaban J connectivity index is 1.98. The van der Waals surface area contributed by atoms with Gasteiger partial charge in [0.15, 0.2) is 5.82 Å². The van der Waals surface area contributed by atoms with Gasteiger partial charge in [0.2, 0.25) is 0 Å². The topological polar surface area (TPSA) is 82.5 Å². The van der Waals surface area contributed by atoms with Crippen molar-refractivity contribution in [1.82, 2.24) is 25.2 Å². The maximum absolute atomic E-state index is 5.84. The molecule has 0 fully saturated rings. The molecule has 0 saturated carbocycles. The maximum atomic E-state index is 5.84. The van der Waals surface area contributed by atoms with Crippen LogP contribution in [0.4, 0.5) is 5.69 Å². The zero-order valence-electron chi connectivity index (χ0n) is 10.3. The monoisotopic (exact) mass is 264 g/mol. The number of aryl methyl sites for hydroxylation is 1. The third-order valence-electron chi connectivity index (χ3n) is 2.50. The van der Waals surface area contributed by atoms with Gasteiger partial charge in [-0.25, -0.2) is 4.68 Å². The van der Waals surface area contributed by atoms with Crippen molar-refractivity contribution in [3.05, 3.63) is 24.3 Å². The van der Waals surface area contributed by atoms with E-state index in [4.69, 9.17) is 5.73 Å². The highest BCUT2D eigenvalue weighted by Gasteiger charge is 2.07. The van der Waals surface area contributed by atoms with Gasteiger partial charge >= 0.3 is 0 Å². The lowest BCUT2D eigenvalue weighted by molar-refractivity contribution is 0.540. The summed E-state index contributed by atoms with van der Waals surface area (Å²) >= 11 is 1.62. The van der Waals surface area contributed by atoms with Crippen LogP contribution in [0.1, 0.15) is 25.6 Å². The van der Waals surface area contributed by atoms with Gasteiger partial charge in [0.05, 0.1) is 17.6 Å². The fourth-order valence-corrected chi connectivity index (χ4v) is 2.34. The van der Waals surface area contributed by atoms with Crippen LogP contribution in [0.15, 0.2) is 23.4 Å². The number of hydrogen-bond acceptors (Lipinski definition) is 6. The fraction of sp³-hybridized carbons (Fsp3) is 0.455. The highest BCUT2D eigenvalue weighted by Crippen LogP contribution is 2.26. The molecule has 18 heavy (non-hydrogen) atoms. The van der Waals surface area contributed by atoms with Gasteiger partial charge in [-0.3, -0.25) is 4.98 Å². The van der Waals surface area contributed by atoms with Crippen LogP contribution in [0.2, 0.25) is 0 Å². The molecule has 2 aromatic heterocycles. The molecule has 2 rings (SSSR count). The molecule has 0 atom stereocenters. The number of nitrogens with zero attached hydrogens (tertiary/aromatic N) is 5. The normalized spacial score (nSPS) is 10.7. The molecule has 0 aliphatic carbocycles. The van der Waals surface area contributed by atoms with Crippen LogP contribution >= 0.6 is 11.8 Å². The number of thioether (sulfide) groups is 1. The predicted octanol–water partition coefficient (Wildman–Crippen LogP) is 1.74. The first-order valence-electron chi connectivity index (χ1n) is 5.88. The molecule has 6 nitrogen and oxygen atoms in total. The van der Waals surface area contributed by atoms with E-state index >= 15 is 0 Å². The molecular formula is C11H16N6S. The highest BCUT2D eigenvalue weighted by molar-refractivity contribution is 7.98. The molecule has 2 N–H and O–H groups in total. The number of aromatic nitrogens is 5. The van der Waals surface area contributed by atoms with E-state index in [1.807, 2.05) is 10.7 Å². The Labute approximate surface area is 110 Å². The second-order valence-electron chi connectivity index (χ2n) is 3.87. The first-order valence-corrected chi connectivity index (χ1v) is 6.87. The molecule has 0 radical (unpaired) electrons. The lowest BCUT2D eigenvalue weighted by Crippen LogP contribution is -2.05. The third-order valence-corrected chi connectivity index (χ3v) is 3.58. The number of unbranched alkanes of at least 4 members (excludes halogenated alkanes) is 1. The molecule has 0 spiro atoms. The lowest BCUT2D eigenvalue weighted by atomic mass is 10.3. The fourth-order valence-electron chi connectivity index (χ4n) is 1.48. The van der Waals surface area contributed by atoms with E-state index < -0.39 is 0 Å². The summed E-state index contributed by atoms with van der Waals surface area (Å²) in [6.45, 7) is 3.02. The Morgan fingerprint density at radius 1 is 1.44 bits per heavy atom. The molecule has 0 aromatic carbocycles. The van der Waals surface area contributed by atoms with Gasteiger partial charge in [-0.05, 0) is 22.9 Å². The maximum Gasteiger partial charge on any atom is 0.161 e. The first kappa shape index (κ1) is 12.8. The molecule has 96 valence electrons. The molecule has 0 aliphatic heterocycles. The summed E-state index contributed by atoms with van der Waals surface area (Å²) in [6, 6.07) is 1.90. The molecule has 2 aromatic rings. The largest absolute Gasteiger partial charge is 0.397 e. The van der Waals surface area contributed by atoms with E-state index in [9.17, 15) is 0 Å². The zero-order valence-corrected chi connectivity index (χ0v) is 11.1. The summed E-state index contributed by atoms with van der Waals surface area (Å²) in [5.74, 6) is 1.59. The van der Waals surface area contributed by atoms with Crippen LogP contribution < -0.4 is 5.73 Å². The van der Waals surface area contributed by atoms with Crippen LogP contribution in [0, 0.1) is 0 Å². The summed E-state index contributed by atoms with van der Waals surface area (Å²) in [6.07, 6.45) is 5.60. The average Bonchev–Trinajstić information content (AvgIpc) is 2.83. The van der Waals surface area contributed by atoms with Crippen molar-refractivity contribution in [3.63, 3.8) is 0 Å². The summed E-state index contributed by atoms with van der Waals surface area (Å²) < 4.78 is 1.86. The van der Waals surface area contributed by atoms with Crippen LogP contribution in [0.3, 0.4) is 0 Å². The molecule has 0 unspecified atom stereocenters. The number of anilines is 1. The van der Waals surface area contributed by atoms with Crippen molar-refractivity contribution in [2.45, 2.75) is 37.0 Å². The zero-order chi connectivity index (χ0) is 12.8. The second-order valence-corrected chi connectivity index (χ2v) is 4.89. The number of nitrogen functional groups attached to an aromatic ring is 1. The molecule has 7 heteroatoms. The van der Waals surface area contributed by atoms with Crippen molar-refractivity contribution in [2.75, 3.05) is 5.73 Å². The van der Waals surface area contributed by atoms with Crippen LogP contribution in [0.25, 0.3) is 0 Å². The Morgan fingerprint density at radius 2 is 2.33 bits per heavy atom. The van der Waals surface area contributed by atoms with E-state index in [1.54, 1.807) is 24.2 Å². The van der Waals surface area contributed by atoms with Crippen LogP contribution in [-0.2, 0) is 12.3 Å². The van der Waals surface area contributed by atoms with Gasteiger partial charge < -0.3 is 5.73 Å². The van der Waals surface area contributed by atoms with E-state index in [0.717, 1.165) is 30.1 Å². The van der Waals surface area contributed by atoms with Gasteiger partial charge in [0.25, 0.3) is 0 Å². The van der Waals surface area contributed by atoms with Crippen molar-refractivity contribution in [3.8, 4) is 0 Å². The summed E-state index contributed by atoms with van der Waals surface area (Å²) in [5, 5.41) is 11.7. The number of tetrazole rings is 1. The van der Waals surface area contributed by atoms with Gasteiger partial charge in [-0.15, -0.1) is 16.9 Å². The van der Waals surface area contributed by atoms with Crippen LogP contribution in [-0.4, -0.2) is 25.2 Å². The SMILES string of the molecule is CCCCn1nnnc1CSc1ccncc1N. The van der Waals surface area contributed by atoms with E-state index in [0.29, 0.717) is 11.4 Å². The third kappa shape index (κ3) is 3.19. The van der Waals surface area contributed by atoms with E-state index in [1.165, 1.54) is 0 Å². The van der Waals surface area contributed by atoms with E-state index in [-0.39, 0.29) is 0 Å². The Morgan fingerprint density at radius 3 is 3.11 bits per heavy atom. The quantitative estimate of drug-likeness (QED) is 0.800. The Kier molecular flexibility index (Phi) is 4.52. The lowest BCUT2D eigenvalue weighted by Gasteiger charge is -2.05. The smallest absolute Gasteiger partial charge is 0.161 e. The van der Waals surface area contributed by atoms with Gasteiger partial charge in [-0.1, -0.05) is 13.3 Å². The van der Waals surface area contributed by atoms with Crippen molar-refractivity contribution >= 4 is 17.4 Å². The number of rotatable bonds is 6. The summed E-state index contributed by atoms with van der Waals surface area (Å²) in [5.41, 5.74) is 6.53. The van der Waals surface area contributed by atoms with Crippen molar-refractivity contribution < 1.29 is 0 Å². The second kappa shape index (κ2) is 6.34. The minimum Gasteiger partial charge on any atom is -0.397 e. The van der Waals surface area contributed by atoms with Crippen molar-refractivity contribution in [2.24, 2.45) is 0 Å². The number of pyridine rings is 1. The predicted molar refractivity (Wildman–Crippen MR) is 70.9 cm³/mol. The standard InChI is InChI=1S/C11H16N6S/c1-2-3-6-17-11(14-15-16-17)8-18-10-4-5-13-7-9(10)12/h4-5,7H,2-3,6,8,12H2,1H3. The molecule has 2 heterocycles.